The lowest BCUT2D eigenvalue weighted by Gasteiger charge is -2.20. The van der Waals surface area contributed by atoms with Crippen LogP contribution in [0.5, 0.6) is 0 Å². The number of carboxylic acids is 1. The average Bonchev–Trinajstić information content (AvgIpc) is 2.21. The highest BCUT2D eigenvalue weighted by Gasteiger charge is 2.19. The molecule has 0 aliphatic carbocycles. The Bertz CT molecular complexity index is 464. The van der Waals surface area contributed by atoms with E-state index in [1.807, 2.05) is 32.9 Å². The summed E-state index contributed by atoms with van der Waals surface area (Å²) in [7, 11) is 0. The van der Waals surface area contributed by atoms with Crippen LogP contribution in [0.25, 0.3) is 0 Å². The van der Waals surface area contributed by atoms with Crippen LogP contribution in [0.15, 0.2) is 12.1 Å². The molecule has 0 bridgehead atoms. The molecule has 1 atom stereocenters. The van der Waals surface area contributed by atoms with Crippen molar-refractivity contribution in [3.63, 3.8) is 0 Å². The molecule has 0 aromatic heterocycles. The first-order valence-electron chi connectivity index (χ1n) is 5.88. The fourth-order valence-electron chi connectivity index (χ4n) is 2.02. The number of benzene rings is 1. The summed E-state index contributed by atoms with van der Waals surface area (Å²) in [5.74, 6) is -1.15. The topological polar surface area (TPSA) is 66.4 Å². The van der Waals surface area contributed by atoms with E-state index in [0.29, 0.717) is 0 Å². The highest BCUT2D eigenvalue weighted by Crippen LogP contribution is 2.24. The maximum absolute atomic E-state index is 11.2. The van der Waals surface area contributed by atoms with Crippen LogP contribution in [0.4, 0.5) is 0 Å². The van der Waals surface area contributed by atoms with E-state index in [2.05, 4.69) is 5.32 Å². The Morgan fingerprint density at radius 2 is 1.72 bits per heavy atom. The smallest absolute Gasteiger partial charge is 0.305 e. The van der Waals surface area contributed by atoms with E-state index in [4.69, 9.17) is 5.11 Å². The lowest BCUT2D eigenvalue weighted by Crippen LogP contribution is -2.28. The highest BCUT2D eigenvalue weighted by atomic mass is 16.4. The number of hydrogen-bond acceptors (Lipinski definition) is 2. The molecule has 0 radical (unpaired) electrons. The summed E-state index contributed by atoms with van der Waals surface area (Å²) in [4.78, 5) is 22.0. The molecule has 0 saturated heterocycles. The van der Waals surface area contributed by atoms with Crippen LogP contribution >= 0.6 is 0 Å². The number of carboxylic acid groups (broad SMARTS) is 1. The Hall–Kier alpha value is -1.84. The molecule has 4 nitrogen and oxygen atoms in total. The van der Waals surface area contributed by atoms with Gasteiger partial charge in [0.25, 0.3) is 0 Å². The molecule has 0 spiro atoms. The first-order valence-corrected chi connectivity index (χ1v) is 5.88. The van der Waals surface area contributed by atoms with E-state index >= 15 is 0 Å². The van der Waals surface area contributed by atoms with Crippen LogP contribution in [0.1, 0.15) is 41.6 Å². The maximum Gasteiger partial charge on any atom is 0.305 e. The van der Waals surface area contributed by atoms with Crippen LogP contribution in [0, 0.1) is 20.8 Å². The molecule has 0 aliphatic rings. The summed E-state index contributed by atoms with van der Waals surface area (Å²) in [5.41, 5.74) is 4.12. The third kappa shape index (κ3) is 3.58. The Balaban J connectivity index is 3.15. The SMILES string of the molecule is CC(=O)N[C@@H](CC(=O)O)c1cc(C)c(C)cc1C. The van der Waals surface area contributed by atoms with E-state index in [1.165, 1.54) is 6.92 Å². The van der Waals surface area contributed by atoms with Gasteiger partial charge >= 0.3 is 5.97 Å². The molecule has 1 amide bonds. The molecule has 4 heteroatoms. The van der Waals surface area contributed by atoms with Crippen LogP contribution in [-0.4, -0.2) is 17.0 Å². The van der Waals surface area contributed by atoms with Crippen molar-refractivity contribution in [2.45, 2.75) is 40.2 Å². The van der Waals surface area contributed by atoms with Crippen LogP contribution in [0.2, 0.25) is 0 Å². The average molecular weight is 249 g/mol. The molecular weight excluding hydrogens is 230 g/mol. The first kappa shape index (κ1) is 14.2. The van der Waals surface area contributed by atoms with Gasteiger partial charge in [-0.3, -0.25) is 9.59 Å². The van der Waals surface area contributed by atoms with Crippen molar-refractivity contribution in [2.24, 2.45) is 0 Å². The zero-order valence-corrected chi connectivity index (χ0v) is 11.2. The molecule has 0 fully saturated rings. The number of nitrogens with one attached hydrogen (secondary N) is 1. The summed E-state index contributed by atoms with van der Waals surface area (Å²) in [6, 6.07) is 3.49. The maximum atomic E-state index is 11.2. The van der Waals surface area contributed by atoms with E-state index in [1.54, 1.807) is 0 Å². The molecule has 98 valence electrons. The van der Waals surface area contributed by atoms with Gasteiger partial charge in [-0.1, -0.05) is 12.1 Å². The molecule has 18 heavy (non-hydrogen) atoms. The number of hydrogen-bond donors (Lipinski definition) is 2. The minimum atomic E-state index is -0.925. The number of amides is 1. The number of aryl methyl sites for hydroxylation is 3. The molecule has 0 unspecified atom stereocenters. The lowest BCUT2D eigenvalue weighted by molar-refractivity contribution is -0.137. The molecule has 0 heterocycles. The second-order valence-corrected chi connectivity index (χ2v) is 4.64. The highest BCUT2D eigenvalue weighted by molar-refractivity contribution is 5.75. The van der Waals surface area contributed by atoms with Gasteiger partial charge < -0.3 is 10.4 Å². The van der Waals surface area contributed by atoms with Gasteiger partial charge in [0.15, 0.2) is 0 Å². The summed E-state index contributed by atoms with van der Waals surface area (Å²) in [6.45, 7) is 7.31. The Morgan fingerprint density at radius 3 is 2.22 bits per heavy atom. The minimum Gasteiger partial charge on any atom is -0.481 e. The van der Waals surface area contributed by atoms with E-state index in [-0.39, 0.29) is 12.3 Å². The molecule has 1 aromatic rings. The first-order chi connectivity index (χ1) is 8.31. The number of carbonyl (C=O) groups excluding carboxylic acids is 1. The fraction of sp³-hybridized carbons (Fsp3) is 0.429. The van der Waals surface area contributed by atoms with Crippen molar-refractivity contribution >= 4 is 11.9 Å². The third-order valence-corrected chi connectivity index (χ3v) is 3.01. The van der Waals surface area contributed by atoms with Gasteiger partial charge in [-0.05, 0) is 43.0 Å². The van der Waals surface area contributed by atoms with Gasteiger partial charge in [-0.25, -0.2) is 0 Å². The van der Waals surface area contributed by atoms with Gasteiger partial charge in [-0.2, -0.15) is 0 Å². The Labute approximate surface area is 107 Å². The standard InChI is InChI=1S/C14H19NO3/c1-8-5-10(3)12(6-9(8)2)13(7-14(17)18)15-11(4)16/h5-6,13H,7H2,1-4H3,(H,15,16)(H,17,18)/t13-/m0/s1. The molecule has 0 aliphatic heterocycles. The quantitative estimate of drug-likeness (QED) is 0.860. The van der Waals surface area contributed by atoms with Crippen LogP contribution in [0.3, 0.4) is 0 Å². The Kier molecular flexibility index (Phi) is 4.48. The molecule has 1 rings (SSSR count). The second kappa shape index (κ2) is 5.67. The molecule has 2 N–H and O–H groups in total. The molecule has 1 aromatic carbocycles. The largest absolute Gasteiger partial charge is 0.481 e. The van der Waals surface area contributed by atoms with E-state index < -0.39 is 12.0 Å². The van der Waals surface area contributed by atoms with E-state index in [0.717, 1.165) is 22.3 Å². The summed E-state index contributed by atoms with van der Waals surface area (Å²) in [5, 5.41) is 11.6. The van der Waals surface area contributed by atoms with Gasteiger partial charge in [0, 0.05) is 6.92 Å². The normalized spacial score (nSPS) is 12.0. The van der Waals surface area contributed by atoms with Crippen molar-refractivity contribution in [2.75, 3.05) is 0 Å². The van der Waals surface area contributed by atoms with Crippen molar-refractivity contribution in [3.8, 4) is 0 Å². The zero-order valence-electron chi connectivity index (χ0n) is 11.2. The van der Waals surface area contributed by atoms with Gasteiger partial charge in [-0.15, -0.1) is 0 Å². The van der Waals surface area contributed by atoms with Gasteiger partial charge in [0.2, 0.25) is 5.91 Å². The van der Waals surface area contributed by atoms with Crippen LogP contribution < -0.4 is 5.32 Å². The van der Waals surface area contributed by atoms with E-state index in [9.17, 15) is 9.59 Å². The predicted octanol–water partition coefficient (Wildman–Crippen LogP) is 2.26. The van der Waals surface area contributed by atoms with Crippen LogP contribution in [-0.2, 0) is 9.59 Å². The zero-order chi connectivity index (χ0) is 13.9. The number of aliphatic carboxylic acids is 1. The van der Waals surface area contributed by atoms with Crippen molar-refractivity contribution in [3.05, 3.63) is 34.4 Å². The van der Waals surface area contributed by atoms with Gasteiger partial charge in [0.05, 0.1) is 12.5 Å². The summed E-state index contributed by atoms with van der Waals surface area (Å²) >= 11 is 0. The predicted molar refractivity (Wildman–Crippen MR) is 69.5 cm³/mol. The summed E-state index contributed by atoms with van der Waals surface area (Å²) < 4.78 is 0. The lowest BCUT2D eigenvalue weighted by atomic mass is 9.94. The monoisotopic (exact) mass is 249 g/mol. The Morgan fingerprint density at radius 1 is 1.17 bits per heavy atom. The molecule has 0 saturated carbocycles. The molecular formula is C14H19NO3. The second-order valence-electron chi connectivity index (χ2n) is 4.64. The number of carbonyl (C=O) groups is 2. The van der Waals surface area contributed by atoms with Crippen molar-refractivity contribution < 1.29 is 14.7 Å². The fourth-order valence-corrected chi connectivity index (χ4v) is 2.02. The van der Waals surface area contributed by atoms with Gasteiger partial charge in [0.1, 0.15) is 0 Å². The summed E-state index contributed by atoms with van der Waals surface area (Å²) in [6.07, 6.45) is -0.108. The third-order valence-electron chi connectivity index (χ3n) is 3.01. The number of rotatable bonds is 4. The van der Waals surface area contributed by atoms with Crippen molar-refractivity contribution in [1.82, 2.24) is 5.32 Å². The van der Waals surface area contributed by atoms with Crippen molar-refractivity contribution in [1.29, 1.82) is 0 Å². The minimum absolute atomic E-state index is 0.108.